The number of nitrogens with two attached hydrogens (primary N) is 1. The van der Waals surface area contributed by atoms with E-state index in [-0.39, 0.29) is 17.7 Å². The lowest BCUT2D eigenvalue weighted by Gasteiger charge is -2.37. The van der Waals surface area contributed by atoms with Gasteiger partial charge in [0.05, 0.1) is 12.6 Å². The Labute approximate surface area is 133 Å². The molecule has 2 N–H and O–H groups in total. The number of carbonyl (C=O) groups excluding carboxylic acids is 2. The Morgan fingerprint density at radius 2 is 1.55 bits per heavy atom. The van der Waals surface area contributed by atoms with Gasteiger partial charge >= 0.3 is 0 Å². The molecule has 2 heterocycles. The highest BCUT2D eigenvalue weighted by Crippen LogP contribution is 2.12. The van der Waals surface area contributed by atoms with E-state index in [1.165, 1.54) is 12.8 Å². The van der Waals surface area contributed by atoms with Crippen LogP contribution < -0.4 is 5.73 Å². The Hall–Kier alpha value is -1.14. The molecule has 2 fully saturated rings. The van der Waals surface area contributed by atoms with Crippen molar-refractivity contribution in [2.45, 2.75) is 39.2 Å². The Bertz CT molecular complexity index is 388. The molecule has 126 valence electrons. The average Bonchev–Trinajstić information content (AvgIpc) is 3.05. The Kier molecular flexibility index (Phi) is 6.20. The highest BCUT2D eigenvalue weighted by Gasteiger charge is 2.29. The molecular formula is C16H30N4O2. The first-order valence-electron chi connectivity index (χ1n) is 8.57. The van der Waals surface area contributed by atoms with E-state index in [1.54, 1.807) is 0 Å². The van der Waals surface area contributed by atoms with Gasteiger partial charge in [0.1, 0.15) is 0 Å². The first kappa shape index (κ1) is 17.2. The molecule has 0 spiro atoms. The van der Waals surface area contributed by atoms with Gasteiger partial charge < -0.3 is 15.5 Å². The number of amides is 2. The molecule has 0 aromatic rings. The van der Waals surface area contributed by atoms with Crippen molar-refractivity contribution in [3.63, 3.8) is 0 Å². The zero-order valence-electron chi connectivity index (χ0n) is 14.0. The highest BCUT2D eigenvalue weighted by atomic mass is 16.2. The molecule has 6 nitrogen and oxygen atoms in total. The van der Waals surface area contributed by atoms with Crippen molar-refractivity contribution in [1.29, 1.82) is 0 Å². The number of hydrogen-bond donors (Lipinski definition) is 1. The van der Waals surface area contributed by atoms with Crippen molar-refractivity contribution >= 4 is 11.8 Å². The lowest BCUT2D eigenvalue weighted by Crippen LogP contribution is -2.56. The monoisotopic (exact) mass is 310 g/mol. The van der Waals surface area contributed by atoms with E-state index in [2.05, 4.69) is 4.90 Å². The first-order valence-corrected chi connectivity index (χ1v) is 8.57. The summed E-state index contributed by atoms with van der Waals surface area (Å²) in [6.07, 6.45) is 3.30. The Morgan fingerprint density at radius 1 is 1.00 bits per heavy atom. The highest BCUT2D eigenvalue weighted by molar-refractivity contribution is 5.83. The number of rotatable bonds is 5. The molecule has 2 saturated heterocycles. The molecular weight excluding hydrogens is 280 g/mol. The number of nitrogens with zero attached hydrogens (tertiary/aromatic N) is 3. The molecule has 2 aliphatic rings. The van der Waals surface area contributed by atoms with Gasteiger partial charge in [0.15, 0.2) is 0 Å². The van der Waals surface area contributed by atoms with Gasteiger partial charge in [0, 0.05) is 26.2 Å². The van der Waals surface area contributed by atoms with Crippen LogP contribution in [-0.4, -0.2) is 78.4 Å². The molecule has 2 aliphatic heterocycles. The van der Waals surface area contributed by atoms with Gasteiger partial charge in [-0.05, 0) is 31.8 Å². The predicted molar refractivity (Wildman–Crippen MR) is 86.3 cm³/mol. The Morgan fingerprint density at radius 3 is 2.09 bits per heavy atom. The van der Waals surface area contributed by atoms with Crippen LogP contribution in [0.2, 0.25) is 0 Å². The second kappa shape index (κ2) is 7.92. The standard InChI is InChI=1S/C16H30N4O2/c1-3-13(2)15(17)16(22)20-10-8-19(9-11-20)14(21)12-18-6-4-5-7-18/h13,15H,3-12,17H2,1-2H3. The van der Waals surface area contributed by atoms with Crippen molar-refractivity contribution < 1.29 is 9.59 Å². The van der Waals surface area contributed by atoms with Crippen LogP contribution in [0.3, 0.4) is 0 Å². The smallest absolute Gasteiger partial charge is 0.239 e. The van der Waals surface area contributed by atoms with Gasteiger partial charge in [-0.15, -0.1) is 0 Å². The van der Waals surface area contributed by atoms with Crippen LogP contribution in [-0.2, 0) is 9.59 Å². The number of likely N-dealkylation sites (tertiary alicyclic amines) is 1. The molecule has 22 heavy (non-hydrogen) atoms. The lowest BCUT2D eigenvalue weighted by molar-refractivity contribution is -0.141. The molecule has 0 saturated carbocycles. The quantitative estimate of drug-likeness (QED) is 0.783. The molecule has 2 rings (SSSR count). The summed E-state index contributed by atoms with van der Waals surface area (Å²) >= 11 is 0. The molecule has 2 unspecified atom stereocenters. The van der Waals surface area contributed by atoms with Gasteiger partial charge in [-0.1, -0.05) is 20.3 Å². The van der Waals surface area contributed by atoms with Crippen LogP contribution in [0.4, 0.5) is 0 Å². The van der Waals surface area contributed by atoms with Crippen LogP contribution in [0.5, 0.6) is 0 Å². The maximum absolute atomic E-state index is 12.3. The van der Waals surface area contributed by atoms with Gasteiger partial charge in [-0.25, -0.2) is 0 Å². The third kappa shape index (κ3) is 4.20. The fourth-order valence-electron chi connectivity index (χ4n) is 3.12. The van der Waals surface area contributed by atoms with E-state index in [1.807, 2.05) is 23.6 Å². The molecule has 2 amide bonds. The minimum atomic E-state index is -0.420. The summed E-state index contributed by atoms with van der Waals surface area (Å²) in [5.41, 5.74) is 6.03. The Balaban J connectivity index is 1.77. The second-order valence-electron chi connectivity index (χ2n) is 6.60. The van der Waals surface area contributed by atoms with Crippen molar-refractivity contribution in [3.05, 3.63) is 0 Å². The largest absolute Gasteiger partial charge is 0.338 e. The topological polar surface area (TPSA) is 69.9 Å². The average molecular weight is 310 g/mol. The van der Waals surface area contributed by atoms with E-state index < -0.39 is 6.04 Å². The number of piperazine rings is 1. The van der Waals surface area contributed by atoms with Crippen molar-refractivity contribution in [1.82, 2.24) is 14.7 Å². The number of hydrogen-bond acceptors (Lipinski definition) is 4. The van der Waals surface area contributed by atoms with Crippen LogP contribution in [0, 0.1) is 5.92 Å². The fraction of sp³-hybridized carbons (Fsp3) is 0.875. The summed E-state index contributed by atoms with van der Waals surface area (Å²) in [7, 11) is 0. The summed E-state index contributed by atoms with van der Waals surface area (Å²) in [5.74, 6) is 0.420. The van der Waals surface area contributed by atoms with Crippen molar-refractivity contribution in [3.8, 4) is 0 Å². The maximum Gasteiger partial charge on any atom is 0.239 e. The maximum atomic E-state index is 12.3. The summed E-state index contributed by atoms with van der Waals surface area (Å²) in [4.78, 5) is 30.5. The molecule has 0 aromatic carbocycles. The van der Waals surface area contributed by atoms with E-state index in [0.29, 0.717) is 32.7 Å². The third-order valence-electron chi connectivity index (χ3n) is 5.04. The van der Waals surface area contributed by atoms with E-state index in [9.17, 15) is 9.59 Å². The molecule has 0 radical (unpaired) electrons. The molecule has 0 aliphatic carbocycles. The minimum Gasteiger partial charge on any atom is -0.338 e. The van der Waals surface area contributed by atoms with Gasteiger partial charge in [0.25, 0.3) is 0 Å². The van der Waals surface area contributed by atoms with Crippen molar-refractivity contribution in [2.24, 2.45) is 11.7 Å². The summed E-state index contributed by atoms with van der Waals surface area (Å²) in [6, 6.07) is -0.420. The summed E-state index contributed by atoms with van der Waals surface area (Å²) in [5, 5.41) is 0. The predicted octanol–water partition coefficient (Wildman–Crippen LogP) is 0.126. The van der Waals surface area contributed by atoms with Crippen LogP contribution in [0.1, 0.15) is 33.1 Å². The fourth-order valence-corrected chi connectivity index (χ4v) is 3.12. The first-order chi connectivity index (χ1) is 10.5. The summed E-state index contributed by atoms with van der Waals surface area (Å²) in [6.45, 7) is 9.13. The zero-order valence-corrected chi connectivity index (χ0v) is 14.0. The third-order valence-corrected chi connectivity index (χ3v) is 5.04. The minimum absolute atomic E-state index is 0.0287. The van der Waals surface area contributed by atoms with Gasteiger partial charge in [-0.2, -0.15) is 0 Å². The van der Waals surface area contributed by atoms with Gasteiger partial charge in [0.2, 0.25) is 11.8 Å². The van der Waals surface area contributed by atoms with Crippen LogP contribution in [0.25, 0.3) is 0 Å². The molecule has 0 bridgehead atoms. The van der Waals surface area contributed by atoms with E-state index >= 15 is 0 Å². The van der Waals surface area contributed by atoms with Crippen LogP contribution in [0.15, 0.2) is 0 Å². The second-order valence-corrected chi connectivity index (χ2v) is 6.60. The zero-order chi connectivity index (χ0) is 16.1. The van der Waals surface area contributed by atoms with Crippen molar-refractivity contribution in [2.75, 3.05) is 45.8 Å². The summed E-state index contributed by atoms with van der Waals surface area (Å²) < 4.78 is 0. The molecule has 2 atom stereocenters. The van der Waals surface area contributed by atoms with E-state index in [4.69, 9.17) is 5.73 Å². The molecule has 0 aromatic heterocycles. The van der Waals surface area contributed by atoms with E-state index in [0.717, 1.165) is 19.5 Å². The normalized spacial score (nSPS) is 22.7. The SMILES string of the molecule is CCC(C)C(N)C(=O)N1CCN(C(=O)CN2CCCC2)CC1. The number of carbonyl (C=O) groups is 2. The molecule has 6 heteroatoms. The lowest BCUT2D eigenvalue weighted by atomic mass is 9.98. The van der Waals surface area contributed by atoms with Crippen LogP contribution >= 0.6 is 0 Å². The van der Waals surface area contributed by atoms with Gasteiger partial charge in [-0.3, -0.25) is 14.5 Å².